The summed E-state index contributed by atoms with van der Waals surface area (Å²) in [5.41, 5.74) is 2.14. The predicted molar refractivity (Wildman–Crippen MR) is 90.2 cm³/mol. The van der Waals surface area contributed by atoms with Crippen LogP contribution in [0.15, 0.2) is 60.9 Å². The van der Waals surface area contributed by atoms with Crippen LogP contribution < -0.4 is 5.32 Å². The minimum absolute atomic E-state index is 0.0832. The zero-order valence-electron chi connectivity index (χ0n) is 12.9. The molecule has 1 aromatic heterocycles. The van der Waals surface area contributed by atoms with Crippen LogP contribution in [0.1, 0.15) is 10.4 Å². The fourth-order valence-corrected chi connectivity index (χ4v) is 2.25. The van der Waals surface area contributed by atoms with Gasteiger partial charge in [-0.15, -0.1) is 0 Å². The fraction of sp³-hybridized carbons (Fsp3) is 0.0556. The lowest BCUT2D eigenvalue weighted by atomic mass is 10.1. The molecule has 0 bridgehead atoms. The number of esters is 1. The van der Waals surface area contributed by atoms with Crippen LogP contribution in [0.5, 0.6) is 5.75 Å². The number of carbonyl (C=O) groups excluding carboxylic acids is 1. The number of para-hydroxylation sites is 1. The molecule has 120 valence electrons. The smallest absolute Gasteiger partial charge is 0.341 e. The number of hydrogen-bond donors (Lipinski definition) is 2. The Labute approximate surface area is 138 Å². The number of aromatic nitrogens is 2. The summed E-state index contributed by atoms with van der Waals surface area (Å²) >= 11 is 0. The molecule has 6 nitrogen and oxygen atoms in total. The standard InChI is InChI=1S/C18H15N3O3/c1-24-18(23)13-8-5-9-14(17(13)22)21-16-10-15(19-11-20-16)12-6-3-2-4-7-12/h2-11,22H,1H3,(H,19,20,21). The SMILES string of the molecule is COC(=O)c1cccc(Nc2cc(-c3ccccc3)ncn2)c1O. The number of rotatable bonds is 4. The first-order chi connectivity index (χ1) is 11.7. The summed E-state index contributed by atoms with van der Waals surface area (Å²) in [5, 5.41) is 13.2. The molecule has 0 saturated heterocycles. The maximum absolute atomic E-state index is 11.6. The van der Waals surface area contributed by atoms with E-state index in [9.17, 15) is 9.90 Å². The number of methoxy groups -OCH3 is 1. The van der Waals surface area contributed by atoms with E-state index in [-0.39, 0.29) is 11.3 Å². The molecule has 3 rings (SSSR count). The second kappa shape index (κ2) is 6.78. The lowest BCUT2D eigenvalue weighted by molar-refractivity contribution is 0.0597. The third-order valence-electron chi connectivity index (χ3n) is 3.44. The van der Waals surface area contributed by atoms with E-state index in [1.807, 2.05) is 30.3 Å². The van der Waals surface area contributed by atoms with Crippen molar-refractivity contribution in [1.82, 2.24) is 9.97 Å². The molecule has 2 N–H and O–H groups in total. The Morgan fingerprint density at radius 3 is 2.62 bits per heavy atom. The summed E-state index contributed by atoms with van der Waals surface area (Å²) in [7, 11) is 1.26. The normalized spacial score (nSPS) is 10.2. The third kappa shape index (κ3) is 3.17. The van der Waals surface area contributed by atoms with Gasteiger partial charge in [-0.05, 0) is 12.1 Å². The van der Waals surface area contributed by atoms with E-state index in [0.29, 0.717) is 11.5 Å². The fourth-order valence-electron chi connectivity index (χ4n) is 2.25. The maximum Gasteiger partial charge on any atom is 0.341 e. The number of phenolic OH excluding ortho intramolecular Hbond substituents is 1. The number of aromatic hydroxyl groups is 1. The second-order valence-corrected chi connectivity index (χ2v) is 4.97. The Balaban J connectivity index is 1.91. The summed E-state index contributed by atoms with van der Waals surface area (Å²) in [6.07, 6.45) is 1.44. The first-order valence-electron chi connectivity index (χ1n) is 7.24. The Kier molecular flexibility index (Phi) is 4.38. The number of anilines is 2. The molecule has 2 aromatic carbocycles. The molecule has 1 heterocycles. The highest BCUT2D eigenvalue weighted by atomic mass is 16.5. The number of nitrogens with one attached hydrogen (secondary N) is 1. The molecule has 0 amide bonds. The zero-order valence-corrected chi connectivity index (χ0v) is 12.9. The van der Waals surface area contributed by atoms with Crippen molar-refractivity contribution in [2.75, 3.05) is 12.4 Å². The van der Waals surface area contributed by atoms with Crippen LogP contribution in [0, 0.1) is 0 Å². The Morgan fingerprint density at radius 1 is 1.08 bits per heavy atom. The molecule has 0 spiro atoms. The summed E-state index contributed by atoms with van der Waals surface area (Å²) in [6.45, 7) is 0. The Bertz CT molecular complexity index is 866. The third-order valence-corrected chi connectivity index (χ3v) is 3.44. The zero-order chi connectivity index (χ0) is 16.9. The van der Waals surface area contributed by atoms with Crippen LogP contribution in [-0.4, -0.2) is 28.2 Å². The first kappa shape index (κ1) is 15.5. The molecule has 0 atom stereocenters. The number of phenols is 1. The van der Waals surface area contributed by atoms with Crippen molar-refractivity contribution in [1.29, 1.82) is 0 Å². The van der Waals surface area contributed by atoms with Crippen molar-refractivity contribution in [2.24, 2.45) is 0 Å². The van der Waals surface area contributed by atoms with Gasteiger partial charge in [-0.3, -0.25) is 0 Å². The van der Waals surface area contributed by atoms with E-state index >= 15 is 0 Å². The summed E-state index contributed by atoms with van der Waals surface area (Å²) in [6, 6.07) is 16.2. The van der Waals surface area contributed by atoms with Gasteiger partial charge in [-0.25, -0.2) is 14.8 Å². The molecule has 0 saturated carbocycles. The maximum atomic E-state index is 11.6. The largest absolute Gasteiger partial charge is 0.505 e. The molecule has 24 heavy (non-hydrogen) atoms. The highest BCUT2D eigenvalue weighted by molar-refractivity contribution is 5.95. The number of nitrogens with zero attached hydrogens (tertiary/aromatic N) is 2. The summed E-state index contributed by atoms with van der Waals surface area (Å²) in [5.74, 6) is -0.297. The van der Waals surface area contributed by atoms with Gasteiger partial charge in [0, 0.05) is 11.6 Å². The Morgan fingerprint density at radius 2 is 1.88 bits per heavy atom. The number of hydrogen-bond acceptors (Lipinski definition) is 6. The molecule has 0 aliphatic carbocycles. The lowest BCUT2D eigenvalue weighted by Gasteiger charge is -2.11. The van der Waals surface area contributed by atoms with E-state index in [4.69, 9.17) is 0 Å². The van der Waals surface area contributed by atoms with Crippen LogP contribution in [0.25, 0.3) is 11.3 Å². The predicted octanol–water partition coefficient (Wildman–Crippen LogP) is 3.38. The molecular weight excluding hydrogens is 306 g/mol. The van der Waals surface area contributed by atoms with Crippen molar-refractivity contribution in [3.63, 3.8) is 0 Å². The lowest BCUT2D eigenvalue weighted by Crippen LogP contribution is -2.03. The van der Waals surface area contributed by atoms with Gasteiger partial charge in [-0.1, -0.05) is 36.4 Å². The van der Waals surface area contributed by atoms with Crippen molar-refractivity contribution < 1.29 is 14.6 Å². The van der Waals surface area contributed by atoms with Crippen LogP contribution in [0.2, 0.25) is 0 Å². The molecule has 0 aliphatic rings. The molecular formula is C18H15N3O3. The van der Waals surface area contributed by atoms with Crippen LogP contribution >= 0.6 is 0 Å². The van der Waals surface area contributed by atoms with Gasteiger partial charge in [0.1, 0.15) is 17.7 Å². The van der Waals surface area contributed by atoms with E-state index in [2.05, 4.69) is 20.0 Å². The van der Waals surface area contributed by atoms with Gasteiger partial charge in [0.15, 0.2) is 5.75 Å². The minimum atomic E-state index is -0.608. The van der Waals surface area contributed by atoms with E-state index < -0.39 is 5.97 Å². The molecule has 0 fully saturated rings. The number of carbonyl (C=O) groups is 1. The number of ether oxygens (including phenoxy) is 1. The van der Waals surface area contributed by atoms with Crippen molar-refractivity contribution in [3.05, 3.63) is 66.5 Å². The van der Waals surface area contributed by atoms with Crippen LogP contribution in [-0.2, 0) is 4.74 Å². The average molecular weight is 321 g/mol. The van der Waals surface area contributed by atoms with Crippen LogP contribution in [0.3, 0.4) is 0 Å². The van der Waals surface area contributed by atoms with Gasteiger partial charge in [0.2, 0.25) is 0 Å². The molecule has 6 heteroatoms. The Hall–Kier alpha value is -3.41. The summed E-state index contributed by atoms with van der Waals surface area (Å²) in [4.78, 5) is 20.0. The second-order valence-electron chi connectivity index (χ2n) is 4.97. The molecule has 0 aliphatic heterocycles. The molecule has 0 radical (unpaired) electrons. The van der Waals surface area contributed by atoms with Gasteiger partial charge in [0.05, 0.1) is 18.5 Å². The number of benzene rings is 2. The molecule has 0 unspecified atom stereocenters. The van der Waals surface area contributed by atoms with E-state index in [0.717, 1.165) is 11.3 Å². The average Bonchev–Trinajstić information content (AvgIpc) is 2.64. The molecule has 3 aromatic rings. The van der Waals surface area contributed by atoms with Crippen LogP contribution in [0.4, 0.5) is 11.5 Å². The minimum Gasteiger partial charge on any atom is -0.505 e. The monoisotopic (exact) mass is 321 g/mol. The topological polar surface area (TPSA) is 84.3 Å². The summed E-state index contributed by atoms with van der Waals surface area (Å²) < 4.78 is 4.65. The van der Waals surface area contributed by atoms with E-state index in [1.165, 1.54) is 19.5 Å². The van der Waals surface area contributed by atoms with Gasteiger partial charge < -0.3 is 15.2 Å². The van der Waals surface area contributed by atoms with Crippen molar-refractivity contribution in [3.8, 4) is 17.0 Å². The quantitative estimate of drug-likeness (QED) is 0.566. The first-order valence-corrected chi connectivity index (χ1v) is 7.24. The van der Waals surface area contributed by atoms with Crippen molar-refractivity contribution in [2.45, 2.75) is 0 Å². The highest BCUT2D eigenvalue weighted by Gasteiger charge is 2.15. The highest BCUT2D eigenvalue weighted by Crippen LogP contribution is 2.30. The van der Waals surface area contributed by atoms with Gasteiger partial charge >= 0.3 is 5.97 Å². The van der Waals surface area contributed by atoms with Gasteiger partial charge in [0.25, 0.3) is 0 Å². The van der Waals surface area contributed by atoms with E-state index in [1.54, 1.807) is 18.2 Å². The van der Waals surface area contributed by atoms with Gasteiger partial charge in [-0.2, -0.15) is 0 Å². The van der Waals surface area contributed by atoms with Crippen molar-refractivity contribution >= 4 is 17.5 Å².